The largest absolute Gasteiger partial charge is 0.361 e. The molecule has 0 aliphatic rings. The highest BCUT2D eigenvalue weighted by Gasteiger charge is 2.07. The van der Waals surface area contributed by atoms with Crippen LogP contribution in [0.15, 0.2) is 72.1 Å². The number of amides is 1. The first-order chi connectivity index (χ1) is 16.1. The third-order valence-electron chi connectivity index (χ3n) is 5.18. The van der Waals surface area contributed by atoms with Crippen molar-refractivity contribution in [2.24, 2.45) is 4.99 Å². The van der Waals surface area contributed by atoms with Crippen molar-refractivity contribution in [2.75, 3.05) is 18.9 Å². The maximum absolute atomic E-state index is 13.4. The van der Waals surface area contributed by atoms with Gasteiger partial charge in [0.2, 0.25) is 5.91 Å². The maximum atomic E-state index is 13.4. The predicted octanol–water partition coefficient (Wildman–Crippen LogP) is 3.67. The zero-order chi connectivity index (χ0) is 23.0. The lowest BCUT2D eigenvalue weighted by Gasteiger charge is -2.13. The second-order valence-electron chi connectivity index (χ2n) is 7.56. The molecule has 2 aromatic heterocycles. The second-order valence-corrected chi connectivity index (χ2v) is 7.56. The van der Waals surface area contributed by atoms with Gasteiger partial charge in [-0.25, -0.2) is 4.39 Å². The number of benzene rings is 2. The van der Waals surface area contributed by atoms with Gasteiger partial charge in [0.05, 0.1) is 0 Å². The van der Waals surface area contributed by atoms with Gasteiger partial charge in [-0.2, -0.15) is 5.10 Å². The van der Waals surface area contributed by atoms with Gasteiger partial charge in [-0.1, -0.05) is 12.1 Å². The zero-order valence-electron chi connectivity index (χ0n) is 18.7. The monoisotopic (exact) mass is 575 g/mol. The van der Waals surface area contributed by atoms with Gasteiger partial charge in [0.25, 0.3) is 0 Å². The third-order valence-corrected chi connectivity index (χ3v) is 5.18. The molecule has 0 aliphatic carbocycles. The number of carbonyl (C=O) groups is 1. The number of nitrogens with one attached hydrogen (secondary N) is 4. The molecule has 2 aromatic carbocycles. The van der Waals surface area contributed by atoms with Crippen molar-refractivity contribution in [1.82, 2.24) is 25.4 Å². The average molecular weight is 575 g/mol. The molecule has 0 radical (unpaired) electrons. The standard InChI is InChI=1S/C24H26FN7O.HI/c1-26-24(27-10-8-18-15-28-22-13-19(25)6-7-21(18)22)29-14-17-4-2-5-20(12-17)31-23(33)16-32-11-3-9-30-32;/h2-7,9,11-13,15,28H,8,10,14,16H2,1H3,(H,31,33)(H2,26,27,29);1H. The van der Waals surface area contributed by atoms with Crippen LogP contribution >= 0.6 is 24.0 Å². The smallest absolute Gasteiger partial charge is 0.246 e. The van der Waals surface area contributed by atoms with Gasteiger partial charge in [0.15, 0.2) is 5.96 Å². The van der Waals surface area contributed by atoms with Crippen LogP contribution in [0.3, 0.4) is 0 Å². The lowest BCUT2D eigenvalue weighted by Crippen LogP contribution is -2.37. The van der Waals surface area contributed by atoms with Gasteiger partial charge in [-0.3, -0.25) is 14.5 Å². The number of aliphatic imine (C=N–C) groups is 1. The van der Waals surface area contributed by atoms with Gasteiger partial charge in [0.1, 0.15) is 12.4 Å². The van der Waals surface area contributed by atoms with E-state index in [0.717, 1.165) is 34.1 Å². The van der Waals surface area contributed by atoms with E-state index >= 15 is 0 Å². The Kier molecular flexibility index (Phi) is 9.02. The van der Waals surface area contributed by atoms with Gasteiger partial charge in [-0.15, -0.1) is 24.0 Å². The number of anilines is 1. The van der Waals surface area contributed by atoms with E-state index in [-0.39, 0.29) is 42.2 Å². The Morgan fingerprint density at radius 1 is 1.18 bits per heavy atom. The summed E-state index contributed by atoms with van der Waals surface area (Å²) < 4.78 is 14.9. The number of halogens is 2. The van der Waals surface area contributed by atoms with E-state index in [9.17, 15) is 9.18 Å². The first kappa shape index (κ1) is 25.2. The fourth-order valence-electron chi connectivity index (χ4n) is 3.59. The Morgan fingerprint density at radius 2 is 2.06 bits per heavy atom. The number of guanidine groups is 1. The lowest BCUT2D eigenvalue weighted by atomic mass is 10.1. The lowest BCUT2D eigenvalue weighted by molar-refractivity contribution is -0.116. The molecule has 0 fully saturated rings. The molecule has 0 saturated carbocycles. The highest BCUT2D eigenvalue weighted by atomic mass is 127. The highest BCUT2D eigenvalue weighted by molar-refractivity contribution is 14.0. The molecule has 0 spiro atoms. The van der Waals surface area contributed by atoms with Crippen LogP contribution in [0.2, 0.25) is 0 Å². The fourth-order valence-corrected chi connectivity index (χ4v) is 3.59. The SMILES string of the molecule is CN=C(NCCc1c[nH]c2cc(F)ccc12)NCc1cccc(NC(=O)Cn2cccn2)c1.I. The molecule has 0 saturated heterocycles. The zero-order valence-corrected chi connectivity index (χ0v) is 21.0. The Hall–Kier alpha value is -3.41. The molecule has 0 bridgehead atoms. The van der Waals surface area contributed by atoms with Crippen molar-refractivity contribution in [3.63, 3.8) is 0 Å². The molecule has 2 heterocycles. The van der Waals surface area contributed by atoms with Crippen LogP contribution in [0.25, 0.3) is 10.9 Å². The third kappa shape index (κ3) is 6.80. The summed E-state index contributed by atoms with van der Waals surface area (Å²) >= 11 is 0. The number of hydrogen-bond acceptors (Lipinski definition) is 3. The van der Waals surface area contributed by atoms with Crippen molar-refractivity contribution in [2.45, 2.75) is 19.5 Å². The van der Waals surface area contributed by atoms with Crippen molar-refractivity contribution in [1.29, 1.82) is 0 Å². The predicted molar refractivity (Wildman–Crippen MR) is 143 cm³/mol. The maximum Gasteiger partial charge on any atom is 0.246 e. The van der Waals surface area contributed by atoms with Crippen molar-refractivity contribution >= 4 is 52.4 Å². The molecular weight excluding hydrogens is 548 g/mol. The summed E-state index contributed by atoms with van der Waals surface area (Å²) in [6.07, 6.45) is 6.07. The van der Waals surface area contributed by atoms with Gasteiger partial charge in [-0.05, 0) is 53.9 Å². The van der Waals surface area contributed by atoms with Crippen LogP contribution < -0.4 is 16.0 Å². The van der Waals surface area contributed by atoms with Crippen molar-refractivity contribution < 1.29 is 9.18 Å². The molecule has 10 heteroatoms. The van der Waals surface area contributed by atoms with Gasteiger partial charge >= 0.3 is 0 Å². The normalized spacial score (nSPS) is 11.2. The number of rotatable bonds is 8. The number of hydrogen-bond donors (Lipinski definition) is 4. The minimum absolute atomic E-state index is 0. The fraction of sp³-hybridized carbons (Fsp3) is 0.208. The molecule has 34 heavy (non-hydrogen) atoms. The molecular formula is C24H27FIN7O. The van der Waals surface area contributed by atoms with Gasteiger partial charge < -0.3 is 20.9 Å². The molecule has 4 rings (SSSR count). The Balaban J connectivity index is 0.00000324. The average Bonchev–Trinajstić information content (AvgIpc) is 3.46. The second kappa shape index (κ2) is 12.2. The molecule has 0 unspecified atom stereocenters. The van der Waals surface area contributed by atoms with Crippen LogP contribution in [-0.2, 0) is 24.3 Å². The molecule has 0 atom stereocenters. The number of carbonyl (C=O) groups excluding carboxylic acids is 1. The van der Waals surface area contributed by atoms with Crippen LogP contribution in [0.4, 0.5) is 10.1 Å². The first-order valence-electron chi connectivity index (χ1n) is 10.7. The summed E-state index contributed by atoms with van der Waals surface area (Å²) in [6.45, 7) is 1.39. The summed E-state index contributed by atoms with van der Waals surface area (Å²) in [6, 6.07) is 14.2. The number of aromatic amines is 1. The molecule has 178 valence electrons. The number of aromatic nitrogens is 3. The first-order valence-corrected chi connectivity index (χ1v) is 10.7. The summed E-state index contributed by atoms with van der Waals surface area (Å²) in [5, 5.41) is 14.5. The van der Waals surface area contributed by atoms with E-state index in [2.05, 4.69) is 31.0 Å². The van der Waals surface area contributed by atoms with E-state index in [1.165, 1.54) is 12.1 Å². The summed E-state index contributed by atoms with van der Waals surface area (Å²) in [5.74, 6) is 0.287. The van der Waals surface area contributed by atoms with Crippen LogP contribution in [0, 0.1) is 5.82 Å². The highest BCUT2D eigenvalue weighted by Crippen LogP contribution is 2.19. The van der Waals surface area contributed by atoms with Crippen molar-refractivity contribution in [3.05, 3.63) is 84.1 Å². The minimum atomic E-state index is -0.250. The Labute approximate surface area is 214 Å². The topological polar surface area (TPSA) is 99.1 Å². The molecule has 4 N–H and O–H groups in total. The van der Waals surface area contributed by atoms with E-state index in [1.54, 1.807) is 36.3 Å². The summed E-state index contributed by atoms with van der Waals surface area (Å²) in [7, 11) is 1.72. The van der Waals surface area contributed by atoms with E-state index in [0.29, 0.717) is 19.0 Å². The number of fused-ring (bicyclic) bond motifs is 1. The van der Waals surface area contributed by atoms with Crippen LogP contribution in [-0.4, -0.2) is 40.2 Å². The Morgan fingerprint density at radius 3 is 2.85 bits per heavy atom. The van der Waals surface area contributed by atoms with Crippen molar-refractivity contribution in [3.8, 4) is 0 Å². The number of nitrogens with zero attached hydrogens (tertiary/aromatic N) is 3. The van der Waals surface area contributed by atoms with E-state index in [1.807, 2.05) is 30.5 Å². The molecule has 1 amide bonds. The Bertz CT molecular complexity index is 1250. The van der Waals surface area contributed by atoms with Crippen LogP contribution in [0.1, 0.15) is 11.1 Å². The summed E-state index contributed by atoms with van der Waals surface area (Å²) in [4.78, 5) is 19.6. The van der Waals surface area contributed by atoms with E-state index in [4.69, 9.17) is 0 Å². The van der Waals surface area contributed by atoms with E-state index < -0.39 is 0 Å². The molecule has 8 nitrogen and oxygen atoms in total. The van der Waals surface area contributed by atoms with Crippen LogP contribution in [0.5, 0.6) is 0 Å². The quantitative estimate of drug-likeness (QED) is 0.147. The molecule has 0 aliphatic heterocycles. The molecule has 4 aromatic rings. The minimum Gasteiger partial charge on any atom is -0.361 e. The summed E-state index contributed by atoms with van der Waals surface area (Å²) in [5.41, 5.74) is 3.65. The van der Waals surface area contributed by atoms with Gasteiger partial charge in [0, 0.05) is 55.3 Å². The number of H-pyrrole nitrogens is 1.